The van der Waals surface area contributed by atoms with Gasteiger partial charge in [0.05, 0.1) is 29.2 Å². The van der Waals surface area contributed by atoms with Gasteiger partial charge in [-0.25, -0.2) is 4.39 Å². The quantitative estimate of drug-likeness (QED) is 0.892. The normalized spacial score (nSPS) is 20.6. The largest absolute Gasteiger partial charge is 0.382 e. The predicted octanol–water partition coefficient (Wildman–Crippen LogP) is 2.24. The van der Waals surface area contributed by atoms with Gasteiger partial charge in [0.2, 0.25) is 5.91 Å². The van der Waals surface area contributed by atoms with Crippen LogP contribution < -0.4 is 5.32 Å². The maximum Gasteiger partial charge on any atom is 0.258 e. The van der Waals surface area contributed by atoms with Gasteiger partial charge in [0.15, 0.2) is 0 Å². The molecule has 1 atom stereocenters. The Balaban J connectivity index is 2.38. The summed E-state index contributed by atoms with van der Waals surface area (Å²) in [6.07, 6.45) is 1.44. The van der Waals surface area contributed by atoms with E-state index in [1.54, 1.807) is 0 Å². The number of amides is 2. The molecule has 0 saturated carbocycles. The van der Waals surface area contributed by atoms with E-state index in [9.17, 15) is 14.0 Å². The van der Waals surface area contributed by atoms with Crippen molar-refractivity contribution in [3.63, 3.8) is 0 Å². The van der Waals surface area contributed by atoms with Crippen molar-refractivity contribution in [1.29, 1.82) is 0 Å². The third-order valence-corrected chi connectivity index (χ3v) is 4.51. The Labute approximate surface area is 139 Å². The van der Waals surface area contributed by atoms with Gasteiger partial charge in [0.1, 0.15) is 5.82 Å². The first-order chi connectivity index (χ1) is 10.9. The minimum Gasteiger partial charge on any atom is -0.382 e. The summed E-state index contributed by atoms with van der Waals surface area (Å²) in [5.41, 5.74) is -0.939. The molecule has 2 rings (SSSR count). The molecule has 7 heteroatoms. The summed E-state index contributed by atoms with van der Waals surface area (Å²) in [4.78, 5) is 26.3. The highest BCUT2D eigenvalue weighted by atomic mass is 35.5. The van der Waals surface area contributed by atoms with Crippen LogP contribution in [0.15, 0.2) is 18.2 Å². The fourth-order valence-corrected chi connectivity index (χ4v) is 3.38. The van der Waals surface area contributed by atoms with E-state index >= 15 is 0 Å². The number of carbonyl (C=O) groups is 2. The fourth-order valence-electron chi connectivity index (χ4n) is 3.13. The van der Waals surface area contributed by atoms with Crippen molar-refractivity contribution < 1.29 is 18.7 Å². The van der Waals surface area contributed by atoms with Gasteiger partial charge in [-0.05, 0) is 25.0 Å². The molecule has 0 spiro atoms. The Morgan fingerprint density at radius 2 is 2.22 bits per heavy atom. The van der Waals surface area contributed by atoms with Gasteiger partial charge in [-0.1, -0.05) is 17.7 Å². The third-order valence-electron chi connectivity index (χ3n) is 4.20. The summed E-state index contributed by atoms with van der Waals surface area (Å²) in [6.45, 7) is 0.641. The minimum atomic E-state index is -0.780. The summed E-state index contributed by atoms with van der Waals surface area (Å²) < 4.78 is 19.3. The lowest BCUT2D eigenvalue weighted by Crippen LogP contribution is -2.53. The number of rotatable bonds is 5. The zero-order valence-electron chi connectivity index (χ0n) is 13.2. The van der Waals surface area contributed by atoms with Gasteiger partial charge < -0.3 is 15.0 Å². The summed E-state index contributed by atoms with van der Waals surface area (Å²) in [5.74, 6) is -1.37. The standard InChI is InChI=1S/C16H20ClFN2O3/c1-19-13(21)9-16(10-23-2)7-4-8-20(16)15(22)14-11(17)5-3-6-12(14)18/h3,5-6H,4,7-10H2,1-2H3,(H,19,21). The Kier molecular flexibility index (Phi) is 5.59. The average Bonchev–Trinajstić information content (AvgIpc) is 2.90. The second-order valence-electron chi connectivity index (χ2n) is 5.66. The molecule has 0 aliphatic carbocycles. The molecule has 23 heavy (non-hydrogen) atoms. The molecule has 1 aromatic carbocycles. The van der Waals surface area contributed by atoms with Crippen molar-refractivity contribution in [2.24, 2.45) is 0 Å². The maximum atomic E-state index is 14.1. The first-order valence-electron chi connectivity index (χ1n) is 7.40. The number of halogens is 2. The van der Waals surface area contributed by atoms with Crippen LogP contribution in [-0.4, -0.2) is 49.6 Å². The molecule has 0 bridgehead atoms. The minimum absolute atomic E-state index is 0.0631. The van der Waals surface area contributed by atoms with Crippen molar-refractivity contribution >= 4 is 23.4 Å². The number of benzene rings is 1. The number of hydrogen-bond donors (Lipinski definition) is 1. The lowest BCUT2D eigenvalue weighted by atomic mass is 9.91. The molecule has 1 saturated heterocycles. The highest BCUT2D eigenvalue weighted by Gasteiger charge is 2.46. The lowest BCUT2D eigenvalue weighted by Gasteiger charge is -2.37. The number of hydrogen-bond acceptors (Lipinski definition) is 3. The molecule has 5 nitrogen and oxygen atoms in total. The van der Waals surface area contributed by atoms with Gasteiger partial charge >= 0.3 is 0 Å². The SMILES string of the molecule is CNC(=O)CC1(COC)CCCN1C(=O)c1c(F)cccc1Cl. The average molecular weight is 343 g/mol. The topological polar surface area (TPSA) is 58.6 Å². The van der Waals surface area contributed by atoms with Gasteiger partial charge in [0.25, 0.3) is 5.91 Å². The Morgan fingerprint density at radius 3 is 2.83 bits per heavy atom. The predicted molar refractivity (Wildman–Crippen MR) is 85.0 cm³/mol. The summed E-state index contributed by atoms with van der Waals surface area (Å²) >= 11 is 6.01. The molecule has 1 heterocycles. The number of methoxy groups -OCH3 is 1. The van der Waals surface area contributed by atoms with Crippen LogP contribution in [-0.2, 0) is 9.53 Å². The van der Waals surface area contributed by atoms with E-state index in [1.807, 2.05) is 0 Å². The van der Waals surface area contributed by atoms with Crippen molar-refractivity contribution in [3.8, 4) is 0 Å². The van der Waals surface area contributed by atoms with Crippen molar-refractivity contribution in [2.45, 2.75) is 24.8 Å². The first-order valence-corrected chi connectivity index (χ1v) is 7.78. The number of nitrogens with one attached hydrogen (secondary N) is 1. The molecule has 1 N–H and O–H groups in total. The van der Waals surface area contributed by atoms with Crippen molar-refractivity contribution in [1.82, 2.24) is 10.2 Å². The van der Waals surface area contributed by atoms with Gasteiger partial charge in [-0.2, -0.15) is 0 Å². The summed E-state index contributed by atoms with van der Waals surface area (Å²) in [7, 11) is 3.06. The van der Waals surface area contributed by atoms with Crippen LogP contribution in [0, 0.1) is 5.82 Å². The van der Waals surface area contributed by atoms with Crippen LogP contribution in [0.5, 0.6) is 0 Å². The molecule has 1 aliphatic rings. The van der Waals surface area contributed by atoms with E-state index in [0.717, 1.165) is 6.42 Å². The van der Waals surface area contributed by atoms with E-state index < -0.39 is 17.3 Å². The fraction of sp³-hybridized carbons (Fsp3) is 0.500. The van der Waals surface area contributed by atoms with Crippen LogP contribution in [0.3, 0.4) is 0 Å². The lowest BCUT2D eigenvalue weighted by molar-refractivity contribution is -0.123. The molecule has 126 valence electrons. The van der Waals surface area contributed by atoms with Gasteiger partial charge in [0, 0.05) is 20.7 Å². The number of carbonyl (C=O) groups excluding carboxylic acids is 2. The molecule has 0 aromatic heterocycles. The monoisotopic (exact) mass is 342 g/mol. The van der Waals surface area contributed by atoms with Crippen LogP contribution in [0.1, 0.15) is 29.6 Å². The van der Waals surface area contributed by atoms with E-state index in [0.29, 0.717) is 13.0 Å². The number of nitrogens with zero attached hydrogens (tertiary/aromatic N) is 1. The van der Waals surface area contributed by atoms with Crippen molar-refractivity contribution in [3.05, 3.63) is 34.6 Å². The third kappa shape index (κ3) is 3.48. The Morgan fingerprint density at radius 1 is 1.48 bits per heavy atom. The van der Waals surface area contributed by atoms with Gasteiger partial charge in [-0.15, -0.1) is 0 Å². The molecular weight excluding hydrogens is 323 g/mol. The van der Waals surface area contributed by atoms with E-state index in [4.69, 9.17) is 16.3 Å². The van der Waals surface area contributed by atoms with Crippen LogP contribution in [0.25, 0.3) is 0 Å². The van der Waals surface area contributed by atoms with Crippen LogP contribution >= 0.6 is 11.6 Å². The van der Waals surface area contributed by atoms with E-state index in [2.05, 4.69) is 5.32 Å². The molecule has 0 radical (unpaired) electrons. The Hall–Kier alpha value is -1.66. The summed E-state index contributed by atoms with van der Waals surface area (Å²) in [5, 5.41) is 2.63. The van der Waals surface area contributed by atoms with Gasteiger partial charge in [-0.3, -0.25) is 9.59 Å². The molecule has 1 aromatic rings. The molecule has 1 aliphatic heterocycles. The van der Waals surface area contributed by atoms with Crippen LogP contribution in [0.4, 0.5) is 4.39 Å². The number of ether oxygens (including phenoxy) is 1. The summed E-state index contributed by atoms with van der Waals surface area (Å²) in [6, 6.07) is 4.13. The smallest absolute Gasteiger partial charge is 0.258 e. The first kappa shape index (κ1) is 17.7. The Bertz CT molecular complexity index is 591. The van der Waals surface area contributed by atoms with Crippen molar-refractivity contribution in [2.75, 3.05) is 27.3 Å². The molecule has 1 unspecified atom stereocenters. The second kappa shape index (κ2) is 7.27. The second-order valence-corrected chi connectivity index (χ2v) is 6.07. The molecule has 2 amide bonds. The molecule has 1 fully saturated rings. The highest BCUT2D eigenvalue weighted by molar-refractivity contribution is 6.33. The van der Waals surface area contributed by atoms with E-state index in [1.165, 1.54) is 37.3 Å². The van der Waals surface area contributed by atoms with E-state index in [-0.39, 0.29) is 29.5 Å². The molecular formula is C16H20ClFN2O3. The zero-order valence-corrected chi connectivity index (χ0v) is 14.0. The highest BCUT2D eigenvalue weighted by Crippen LogP contribution is 2.35. The van der Waals surface area contributed by atoms with Crippen LogP contribution in [0.2, 0.25) is 5.02 Å². The maximum absolute atomic E-state index is 14.1. The number of likely N-dealkylation sites (tertiary alicyclic amines) is 1. The zero-order chi connectivity index (χ0) is 17.0.